The molecule has 0 atom stereocenters. The molecule has 0 unspecified atom stereocenters. The predicted octanol–water partition coefficient (Wildman–Crippen LogP) is 4.16. The minimum absolute atomic E-state index is 0.00939. The van der Waals surface area contributed by atoms with Gasteiger partial charge in [-0.05, 0) is 36.4 Å². The van der Waals surface area contributed by atoms with E-state index in [0.29, 0.717) is 25.3 Å². The van der Waals surface area contributed by atoms with Crippen LogP contribution in [-0.2, 0) is 19.3 Å². The number of benzene rings is 2. The lowest BCUT2D eigenvalue weighted by Crippen LogP contribution is -2.30. The molecular formula is C21H17ClF3N5O2. The lowest BCUT2D eigenvalue weighted by molar-refractivity contribution is -0.137. The molecule has 0 saturated carbocycles. The van der Waals surface area contributed by atoms with E-state index in [0.717, 1.165) is 18.0 Å². The molecule has 32 heavy (non-hydrogen) atoms. The summed E-state index contributed by atoms with van der Waals surface area (Å²) in [6.45, 7) is 1.85. The fourth-order valence-corrected chi connectivity index (χ4v) is 3.47. The van der Waals surface area contributed by atoms with Crippen molar-refractivity contribution >= 4 is 34.8 Å². The van der Waals surface area contributed by atoms with E-state index < -0.39 is 23.6 Å². The van der Waals surface area contributed by atoms with Gasteiger partial charge in [0.05, 0.1) is 29.0 Å². The molecule has 166 valence electrons. The lowest BCUT2D eigenvalue weighted by atomic mass is 10.1. The highest BCUT2D eigenvalue weighted by atomic mass is 35.5. The fourth-order valence-electron chi connectivity index (χ4n) is 3.30. The minimum Gasteiger partial charge on any atom is -0.322 e. The second-order valence-electron chi connectivity index (χ2n) is 7.07. The number of amides is 2. The highest BCUT2D eigenvalue weighted by molar-refractivity contribution is 6.34. The number of rotatable bonds is 4. The van der Waals surface area contributed by atoms with Gasteiger partial charge in [0.15, 0.2) is 0 Å². The molecule has 2 heterocycles. The third-order valence-electron chi connectivity index (χ3n) is 4.89. The van der Waals surface area contributed by atoms with Crippen molar-refractivity contribution in [2.45, 2.75) is 19.3 Å². The van der Waals surface area contributed by atoms with Gasteiger partial charge in [0.1, 0.15) is 11.5 Å². The van der Waals surface area contributed by atoms with Gasteiger partial charge in [-0.1, -0.05) is 17.7 Å². The van der Waals surface area contributed by atoms with E-state index in [1.54, 1.807) is 4.57 Å². The molecule has 1 aliphatic heterocycles. The van der Waals surface area contributed by atoms with Crippen LogP contribution < -0.4 is 16.0 Å². The summed E-state index contributed by atoms with van der Waals surface area (Å²) in [6, 6.07) is 8.50. The molecule has 0 bridgehead atoms. The summed E-state index contributed by atoms with van der Waals surface area (Å²) >= 11 is 6.18. The Hall–Kier alpha value is -3.37. The first-order valence-corrected chi connectivity index (χ1v) is 9.95. The molecule has 2 amide bonds. The maximum atomic E-state index is 12.9. The van der Waals surface area contributed by atoms with Crippen molar-refractivity contribution in [1.82, 2.24) is 14.9 Å². The molecule has 7 nitrogen and oxygen atoms in total. The summed E-state index contributed by atoms with van der Waals surface area (Å²) in [5.41, 5.74) is -0.223. The molecule has 3 aromatic rings. The van der Waals surface area contributed by atoms with Crippen molar-refractivity contribution in [3.05, 3.63) is 76.3 Å². The minimum atomic E-state index is -4.53. The van der Waals surface area contributed by atoms with Gasteiger partial charge in [0, 0.05) is 24.3 Å². The quantitative estimate of drug-likeness (QED) is 0.542. The number of imidazole rings is 1. The second kappa shape index (κ2) is 8.64. The molecule has 1 aromatic heterocycles. The summed E-state index contributed by atoms with van der Waals surface area (Å²) in [6.07, 6.45) is -3.06. The standard InChI is InChI=1S/C21H17ClF3N5O2/c22-15-5-4-12(19(31)28-14-3-1-2-13(9-14)21(23,24)25)8-16(15)29-20(32)17-10-27-18-11-26-6-7-30(17)18/h1-5,8-10,26H,6-7,11H2,(H,28,31)(H,29,32). The summed E-state index contributed by atoms with van der Waals surface area (Å²) in [7, 11) is 0. The zero-order valence-electron chi connectivity index (χ0n) is 16.5. The van der Waals surface area contributed by atoms with Gasteiger partial charge in [0.2, 0.25) is 0 Å². The Labute approximate surface area is 185 Å². The Balaban J connectivity index is 1.52. The number of halogens is 4. The van der Waals surface area contributed by atoms with Crippen LogP contribution >= 0.6 is 11.6 Å². The molecule has 1 aliphatic rings. The van der Waals surface area contributed by atoms with Gasteiger partial charge in [-0.15, -0.1) is 0 Å². The maximum Gasteiger partial charge on any atom is 0.416 e. The Morgan fingerprint density at radius 3 is 2.69 bits per heavy atom. The Bertz CT molecular complexity index is 1190. The maximum absolute atomic E-state index is 12.9. The van der Waals surface area contributed by atoms with Gasteiger partial charge >= 0.3 is 6.18 Å². The van der Waals surface area contributed by atoms with E-state index in [1.165, 1.54) is 36.5 Å². The summed E-state index contributed by atoms with van der Waals surface area (Å²) < 4.78 is 40.5. The van der Waals surface area contributed by atoms with Crippen LogP contribution in [0.3, 0.4) is 0 Å². The number of fused-ring (bicyclic) bond motifs is 1. The van der Waals surface area contributed by atoms with Crippen LogP contribution in [0.5, 0.6) is 0 Å². The smallest absolute Gasteiger partial charge is 0.322 e. The molecule has 11 heteroatoms. The summed E-state index contributed by atoms with van der Waals surface area (Å²) in [4.78, 5) is 29.5. The van der Waals surface area contributed by atoms with Gasteiger partial charge < -0.3 is 20.5 Å². The number of hydrogen-bond acceptors (Lipinski definition) is 4. The topological polar surface area (TPSA) is 88.1 Å². The third kappa shape index (κ3) is 4.61. The molecule has 2 aromatic carbocycles. The average molecular weight is 464 g/mol. The average Bonchev–Trinajstić information content (AvgIpc) is 3.19. The molecule has 0 aliphatic carbocycles. The zero-order valence-corrected chi connectivity index (χ0v) is 17.2. The van der Waals surface area contributed by atoms with Gasteiger partial charge in [-0.3, -0.25) is 9.59 Å². The highest BCUT2D eigenvalue weighted by Gasteiger charge is 2.30. The number of aromatic nitrogens is 2. The van der Waals surface area contributed by atoms with Crippen LogP contribution in [0.25, 0.3) is 0 Å². The van der Waals surface area contributed by atoms with Crippen LogP contribution in [0.2, 0.25) is 5.02 Å². The SMILES string of the molecule is O=C(Nc1cccc(C(F)(F)F)c1)c1ccc(Cl)c(NC(=O)c2cnc3n2CCNC3)c1. The van der Waals surface area contributed by atoms with Crippen LogP contribution in [0, 0.1) is 0 Å². The summed E-state index contributed by atoms with van der Waals surface area (Å²) in [5, 5.41) is 8.46. The normalized spacial score (nSPS) is 13.4. The number of anilines is 2. The van der Waals surface area contributed by atoms with Crippen molar-refractivity contribution in [2.75, 3.05) is 17.2 Å². The molecule has 0 saturated heterocycles. The Kier molecular flexibility index (Phi) is 5.90. The van der Waals surface area contributed by atoms with Crippen LogP contribution in [0.4, 0.5) is 24.5 Å². The van der Waals surface area contributed by atoms with Crippen molar-refractivity contribution < 1.29 is 22.8 Å². The lowest BCUT2D eigenvalue weighted by Gasteiger charge is -2.17. The summed E-state index contributed by atoms with van der Waals surface area (Å²) in [5.74, 6) is -0.353. The number of alkyl halides is 3. The number of nitrogens with one attached hydrogen (secondary N) is 3. The molecule has 4 rings (SSSR count). The largest absolute Gasteiger partial charge is 0.416 e. The number of carbonyl (C=O) groups is 2. The van der Waals surface area contributed by atoms with Crippen molar-refractivity contribution in [2.24, 2.45) is 0 Å². The van der Waals surface area contributed by atoms with Crippen molar-refractivity contribution in [1.29, 1.82) is 0 Å². The van der Waals surface area contributed by atoms with Crippen LogP contribution in [-0.4, -0.2) is 27.9 Å². The molecule has 3 N–H and O–H groups in total. The van der Waals surface area contributed by atoms with E-state index >= 15 is 0 Å². The van der Waals surface area contributed by atoms with Crippen molar-refractivity contribution in [3.63, 3.8) is 0 Å². The number of hydrogen-bond donors (Lipinski definition) is 3. The van der Waals surface area contributed by atoms with E-state index in [2.05, 4.69) is 20.9 Å². The molecule has 0 fully saturated rings. The Morgan fingerprint density at radius 2 is 1.91 bits per heavy atom. The van der Waals surface area contributed by atoms with E-state index in [1.807, 2.05) is 0 Å². The van der Waals surface area contributed by atoms with E-state index in [4.69, 9.17) is 11.6 Å². The van der Waals surface area contributed by atoms with Crippen LogP contribution in [0.1, 0.15) is 32.2 Å². The third-order valence-corrected chi connectivity index (χ3v) is 5.22. The molecule has 0 spiro atoms. The fraction of sp³-hybridized carbons (Fsp3) is 0.190. The van der Waals surface area contributed by atoms with Gasteiger partial charge in [-0.25, -0.2) is 4.98 Å². The van der Waals surface area contributed by atoms with Crippen LogP contribution in [0.15, 0.2) is 48.7 Å². The highest BCUT2D eigenvalue weighted by Crippen LogP contribution is 2.31. The monoisotopic (exact) mass is 463 g/mol. The molecular weight excluding hydrogens is 447 g/mol. The first-order chi connectivity index (χ1) is 15.2. The predicted molar refractivity (Wildman–Crippen MR) is 113 cm³/mol. The first kappa shape index (κ1) is 21.8. The van der Waals surface area contributed by atoms with E-state index in [9.17, 15) is 22.8 Å². The van der Waals surface area contributed by atoms with Gasteiger partial charge in [0.25, 0.3) is 11.8 Å². The van der Waals surface area contributed by atoms with E-state index in [-0.39, 0.29) is 22.0 Å². The first-order valence-electron chi connectivity index (χ1n) is 9.57. The number of nitrogens with zero attached hydrogens (tertiary/aromatic N) is 2. The van der Waals surface area contributed by atoms with Gasteiger partial charge in [-0.2, -0.15) is 13.2 Å². The second-order valence-corrected chi connectivity index (χ2v) is 7.48. The Morgan fingerprint density at radius 1 is 1.09 bits per heavy atom. The zero-order chi connectivity index (χ0) is 22.9. The number of carbonyl (C=O) groups excluding carboxylic acids is 2. The van der Waals surface area contributed by atoms with Crippen molar-refractivity contribution in [3.8, 4) is 0 Å². The molecule has 0 radical (unpaired) electrons.